The van der Waals surface area contributed by atoms with Gasteiger partial charge in [-0.05, 0) is 50.3 Å². The topological polar surface area (TPSA) is 130 Å². The molecular weight excluding hydrogens is 541 g/mol. The summed E-state index contributed by atoms with van der Waals surface area (Å²) in [5.41, 5.74) is 2.20. The highest BCUT2D eigenvalue weighted by atomic mass is 19.4. The molecule has 0 aliphatic carbocycles. The van der Waals surface area contributed by atoms with E-state index in [1.165, 1.54) is 29.2 Å². The summed E-state index contributed by atoms with van der Waals surface area (Å²) in [5.74, 6) is -1.18. The van der Waals surface area contributed by atoms with Gasteiger partial charge in [0, 0.05) is 24.8 Å². The van der Waals surface area contributed by atoms with Crippen LogP contribution in [0.1, 0.15) is 33.5 Å². The van der Waals surface area contributed by atoms with Crippen LogP contribution in [0.25, 0.3) is 17.1 Å². The molecule has 1 aromatic carbocycles. The minimum atomic E-state index is -4.42. The predicted octanol–water partition coefficient (Wildman–Crippen LogP) is 4.00. The van der Waals surface area contributed by atoms with Crippen LogP contribution in [0.2, 0.25) is 0 Å². The first-order chi connectivity index (χ1) is 19.5. The molecule has 3 N–H and O–H groups in total. The summed E-state index contributed by atoms with van der Waals surface area (Å²) in [4.78, 5) is 36.0. The van der Waals surface area contributed by atoms with Crippen LogP contribution >= 0.6 is 0 Å². The average Bonchev–Trinajstić information content (AvgIpc) is 3.60. The summed E-state index contributed by atoms with van der Waals surface area (Å²) in [6.45, 7) is 1.76. The second-order valence-electron chi connectivity index (χ2n) is 9.31. The summed E-state index contributed by atoms with van der Waals surface area (Å²) in [6.07, 6.45) is 0.382. The smallest absolute Gasteiger partial charge is 0.405 e. The van der Waals surface area contributed by atoms with E-state index in [9.17, 15) is 22.8 Å². The number of alkyl halides is 3. The molecule has 0 spiro atoms. The Morgan fingerprint density at radius 1 is 1.10 bits per heavy atom. The number of aromatic nitrogens is 4. The molecule has 0 aliphatic heterocycles. The van der Waals surface area contributed by atoms with Gasteiger partial charge in [0.1, 0.15) is 18.6 Å². The number of aryl methyl sites for hydroxylation is 1. The van der Waals surface area contributed by atoms with Gasteiger partial charge >= 0.3 is 6.18 Å². The Kier molecular flexibility index (Phi) is 9.02. The number of nitrogens with one attached hydrogen (secondary N) is 3. The number of hydrogen-bond acceptors (Lipinski definition) is 8. The van der Waals surface area contributed by atoms with Gasteiger partial charge in [-0.1, -0.05) is 19.1 Å². The largest absolute Gasteiger partial charge is 0.444 e. The van der Waals surface area contributed by atoms with E-state index in [1.54, 1.807) is 0 Å². The lowest BCUT2D eigenvalue weighted by atomic mass is 10.1. The zero-order chi connectivity index (χ0) is 29.6. The van der Waals surface area contributed by atoms with Crippen molar-refractivity contribution in [2.75, 3.05) is 44.4 Å². The first kappa shape index (κ1) is 29.3. The Labute approximate surface area is 233 Å². The maximum Gasteiger partial charge on any atom is 0.405 e. The molecule has 4 rings (SSSR count). The van der Waals surface area contributed by atoms with Crippen molar-refractivity contribution in [3.63, 3.8) is 0 Å². The van der Waals surface area contributed by atoms with Gasteiger partial charge in [-0.25, -0.2) is 14.6 Å². The maximum absolute atomic E-state index is 13.1. The first-order valence-corrected chi connectivity index (χ1v) is 12.7. The van der Waals surface area contributed by atoms with Crippen molar-refractivity contribution in [2.45, 2.75) is 19.5 Å². The number of likely N-dealkylation sites (N-methyl/N-ethyl adjacent to an activating group) is 1. The molecule has 14 heteroatoms. The van der Waals surface area contributed by atoms with Crippen LogP contribution < -0.4 is 16.0 Å². The maximum atomic E-state index is 13.1. The summed E-state index contributed by atoms with van der Waals surface area (Å²) in [7, 11) is 3.76. The van der Waals surface area contributed by atoms with Crippen molar-refractivity contribution >= 4 is 23.3 Å². The molecule has 2 amide bonds. The Hall–Kier alpha value is -4.72. The second kappa shape index (κ2) is 12.6. The van der Waals surface area contributed by atoms with Gasteiger partial charge < -0.3 is 25.3 Å². The highest BCUT2D eigenvalue weighted by molar-refractivity contribution is 6.07. The van der Waals surface area contributed by atoms with Gasteiger partial charge in [0.15, 0.2) is 11.4 Å². The van der Waals surface area contributed by atoms with Crippen LogP contribution in [0.4, 0.5) is 24.7 Å². The molecule has 0 saturated carbocycles. The van der Waals surface area contributed by atoms with Crippen molar-refractivity contribution in [1.82, 2.24) is 30.0 Å². The highest BCUT2D eigenvalue weighted by Crippen LogP contribution is 2.24. The summed E-state index contributed by atoms with van der Waals surface area (Å²) >= 11 is 0. The van der Waals surface area contributed by atoms with Gasteiger partial charge in [0.25, 0.3) is 11.8 Å². The van der Waals surface area contributed by atoms with Gasteiger partial charge in [0.2, 0.25) is 5.89 Å². The summed E-state index contributed by atoms with van der Waals surface area (Å²) in [6, 6.07) is 10.4. The van der Waals surface area contributed by atoms with Crippen LogP contribution in [0.5, 0.6) is 0 Å². The van der Waals surface area contributed by atoms with Crippen LogP contribution in [0.15, 0.2) is 59.5 Å². The van der Waals surface area contributed by atoms with Crippen molar-refractivity contribution in [2.24, 2.45) is 0 Å². The number of nitrogens with zero attached hydrogens (tertiary/aromatic N) is 5. The summed E-state index contributed by atoms with van der Waals surface area (Å²) in [5, 5.41) is 12.1. The third-order valence-corrected chi connectivity index (χ3v) is 5.84. The van der Waals surface area contributed by atoms with Crippen molar-refractivity contribution in [1.29, 1.82) is 0 Å². The number of pyridine rings is 1. The molecule has 3 aromatic heterocycles. The van der Waals surface area contributed by atoms with E-state index in [1.807, 2.05) is 50.2 Å². The zero-order valence-corrected chi connectivity index (χ0v) is 22.6. The van der Waals surface area contributed by atoms with Gasteiger partial charge in [-0.3, -0.25) is 9.59 Å². The van der Waals surface area contributed by atoms with Crippen LogP contribution in [0.3, 0.4) is 0 Å². The molecule has 0 aliphatic rings. The van der Waals surface area contributed by atoms with Crippen molar-refractivity contribution in [3.05, 3.63) is 72.0 Å². The van der Waals surface area contributed by atoms with Crippen LogP contribution in [0, 0.1) is 0 Å². The number of hydrogen-bond donors (Lipinski definition) is 3. The minimum absolute atomic E-state index is 0.000898. The van der Waals surface area contributed by atoms with E-state index in [2.05, 4.69) is 31.0 Å². The fourth-order valence-corrected chi connectivity index (χ4v) is 3.67. The Morgan fingerprint density at radius 3 is 2.54 bits per heavy atom. The molecule has 3 heterocycles. The fourth-order valence-electron chi connectivity index (χ4n) is 3.67. The normalized spacial score (nSPS) is 11.5. The number of oxazole rings is 1. The number of rotatable bonds is 11. The number of anilines is 2. The first-order valence-electron chi connectivity index (χ1n) is 12.7. The standard InChI is InChI=1S/C27H29F3N8O3/c1-4-17-5-7-19(8-6-17)38-14-20(23(36-38)25(40)32-11-12-37(2)3)34-24(39)21-15-41-26(35-21)18-9-10-31-22(13-18)33-16-27(28,29)30/h5-10,13-15H,4,11-12,16H2,1-3H3,(H,31,33)(H,32,40)(H,34,39). The third kappa shape index (κ3) is 7.91. The number of halogens is 3. The number of carbonyl (C=O) groups excluding carboxylic acids is 2. The highest BCUT2D eigenvalue weighted by Gasteiger charge is 2.27. The zero-order valence-electron chi connectivity index (χ0n) is 22.6. The van der Waals surface area contributed by atoms with Crippen LogP contribution in [-0.4, -0.2) is 76.4 Å². The van der Waals surface area contributed by atoms with Crippen molar-refractivity contribution in [3.8, 4) is 17.1 Å². The van der Waals surface area contributed by atoms with Gasteiger partial charge in [-0.15, -0.1) is 0 Å². The van der Waals surface area contributed by atoms with Gasteiger partial charge in [0.05, 0.1) is 17.6 Å². The molecule has 0 radical (unpaired) electrons. The minimum Gasteiger partial charge on any atom is -0.444 e. The monoisotopic (exact) mass is 570 g/mol. The van der Waals surface area contributed by atoms with Gasteiger partial charge in [-0.2, -0.15) is 18.3 Å². The molecule has 0 saturated heterocycles. The van der Waals surface area contributed by atoms with E-state index < -0.39 is 24.5 Å². The van der Waals surface area contributed by atoms with Crippen molar-refractivity contribution < 1.29 is 27.2 Å². The SMILES string of the molecule is CCc1ccc(-n2cc(NC(=O)c3coc(-c4ccnc(NCC(F)(F)F)c4)n3)c(C(=O)NCCN(C)C)n2)cc1. The number of benzene rings is 1. The lowest BCUT2D eigenvalue weighted by molar-refractivity contribution is -0.115. The number of amides is 2. The molecule has 11 nitrogen and oxygen atoms in total. The summed E-state index contributed by atoms with van der Waals surface area (Å²) < 4.78 is 44.5. The lowest BCUT2D eigenvalue weighted by Crippen LogP contribution is -2.32. The number of carbonyl (C=O) groups is 2. The Balaban J connectivity index is 1.54. The van der Waals surface area contributed by atoms with E-state index in [-0.39, 0.29) is 28.8 Å². The molecule has 216 valence electrons. The predicted molar refractivity (Wildman–Crippen MR) is 146 cm³/mol. The van der Waals surface area contributed by atoms with E-state index in [4.69, 9.17) is 4.42 Å². The van der Waals surface area contributed by atoms with Crippen LogP contribution in [-0.2, 0) is 6.42 Å². The second-order valence-corrected chi connectivity index (χ2v) is 9.31. The Morgan fingerprint density at radius 2 is 1.85 bits per heavy atom. The fraction of sp³-hybridized carbons (Fsp3) is 0.296. The van der Waals surface area contributed by atoms with E-state index in [0.29, 0.717) is 24.3 Å². The quantitative estimate of drug-likeness (QED) is 0.247. The molecule has 41 heavy (non-hydrogen) atoms. The van der Waals surface area contributed by atoms with E-state index in [0.717, 1.165) is 18.2 Å². The molecule has 0 fully saturated rings. The molecule has 0 bridgehead atoms. The molecular formula is C27H29F3N8O3. The molecule has 0 unspecified atom stereocenters. The molecule has 0 atom stereocenters. The van der Waals surface area contributed by atoms with E-state index >= 15 is 0 Å². The lowest BCUT2D eigenvalue weighted by Gasteiger charge is -2.10. The molecule has 4 aromatic rings. The Bertz CT molecular complexity index is 1500. The average molecular weight is 571 g/mol. The third-order valence-electron chi connectivity index (χ3n) is 5.84.